The fourth-order valence-electron chi connectivity index (χ4n) is 1.57. The summed E-state index contributed by atoms with van der Waals surface area (Å²) in [5.41, 5.74) is 0.887. The topological polar surface area (TPSA) is 66.4 Å². The summed E-state index contributed by atoms with van der Waals surface area (Å²) in [6.07, 6.45) is 0.0392. The molecule has 0 spiro atoms. The van der Waals surface area contributed by atoms with E-state index in [1.165, 1.54) is 6.07 Å². The van der Waals surface area contributed by atoms with Gasteiger partial charge >= 0.3 is 5.97 Å². The van der Waals surface area contributed by atoms with Gasteiger partial charge in [-0.05, 0) is 30.5 Å². The monoisotopic (exact) mass is 253 g/mol. The molecule has 1 aromatic rings. The molecule has 0 bridgehead atoms. The molecule has 1 rings (SSSR count). The molecule has 1 amide bonds. The molecule has 98 valence electrons. The maximum atomic E-state index is 13.2. The number of carbonyl (C=O) groups is 2. The van der Waals surface area contributed by atoms with E-state index >= 15 is 0 Å². The van der Waals surface area contributed by atoms with Gasteiger partial charge in [-0.25, -0.2) is 4.39 Å². The molecule has 0 aliphatic heterocycles. The van der Waals surface area contributed by atoms with Gasteiger partial charge in [-0.1, -0.05) is 13.0 Å². The van der Waals surface area contributed by atoms with Crippen molar-refractivity contribution >= 4 is 17.6 Å². The van der Waals surface area contributed by atoms with Gasteiger partial charge in [0.15, 0.2) is 0 Å². The van der Waals surface area contributed by atoms with Gasteiger partial charge in [-0.15, -0.1) is 0 Å². The van der Waals surface area contributed by atoms with Crippen molar-refractivity contribution in [1.29, 1.82) is 0 Å². The van der Waals surface area contributed by atoms with Crippen molar-refractivity contribution in [3.63, 3.8) is 0 Å². The number of hydrogen-bond donors (Lipinski definition) is 2. The average molecular weight is 253 g/mol. The first-order valence-corrected chi connectivity index (χ1v) is 5.66. The summed E-state index contributed by atoms with van der Waals surface area (Å²) < 4.78 is 13.2. The normalized spacial score (nSPS) is 11.9. The van der Waals surface area contributed by atoms with Crippen molar-refractivity contribution in [2.75, 3.05) is 5.32 Å². The first-order chi connectivity index (χ1) is 8.38. The fourth-order valence-corrected chi connectivity index (χ4v) is 1.57. The van der Waals surface area contributed by atoms with Crippen LogP contribution in [0, 0.1) is 18.7 Å². The van der Waals surface area contributed by atoms with E-state index in [2.05, 4.69) is 5.32 Å². The Hall–Kier alpha value is -1.91. The predicted molar refractivity (Wildman–Crippen MR) is 65.8 cm³/mol. The van der Waals surface area contributed by atoms with Crippen molar-refractivity contribution in [2.45, 2.75) is 26.7 Å². The average Bonchev–Trinajstić information content (AvgIpc) is 2.21. The number of aryl methyl sites for hydroxylation is 1. The Balaban J connectivity index is 2.54. The molecule has 0 saturated heterocycles. The summed E-state index contributed by atoms with van der Waals surface area (Å²) in [6.45, 7) is 3.32. The highest BCUT2D eigenvalue weighted by atomic mass is 19.1. The Labute approximate surface area is 105 Å². The van der Waals surface area contributed by atoms with Crippen molar-refractivity contribution < 1.29 is 19.1 Å². The number of hydrogen-bond acceptors (Lipinski definition) is 2. The van der Waals surface area contributed by atoms with Gasteiger partial charge in [0, 0.05) is 18.5 Å². The molecule has 0 aliphatic rings. The molecule has 0 radical (unpaired) electrons. The van der Waals surface area contributed by atoms with Crippen LogP contribution in [0.15, 0.2) is 18.2 Å². The lowest BCUT2D eigenvalue weighted by Crippen LogP contribution is -2.17. The van der Waals surface area contributed by atoms with E-state index in [1.54, 1.807) is 26.0 Å². The van der Waals surface area contributed by atoms with E-state index in [4.69, 9.17) is 5.11 Å². The number of carboxylic acids is 1. The summed E-state index contributed by atoms with van der Waals surface area (Å²) >= 11 is 0. The van der Waals surface area contributed by atoms with Crippen LogP contribution >= 0.6 is 0 Å². The first kappa shape index (κ1) is 14.2. The smallest absolute Gasteiger partial charge is 0.303 e. The molecular formula is C13H16FNO3. The van der Waals surface area contributed by atoms with E-state index in [0.29, 0.717) is 11.3 Å². The lowest BCUT2D eigenvalue weighted by molar-refractivity contribution is -0.138. The van der Waals surface area contributed by atoms with Gasteiger partial charge in [0.1, 0.15) is 5.82 Å². The number of anilines is 1. The summed E-state index contributed by atoms with van der Waals surface area (Å²) in [5, 5.41) is 11.1. The fraction of sp³-hybridized carbons (Fsp3) is 0.385. The van der Waals surface area contributed by atoms with Crippen molar-refractivity contribution in [3.05, 3.63) is 29.6 Å². The third kappa shape index (κ3) is 4.53. The molecule has 2 N–H and O–H groups in total. The summed E-state index contributed by atoms with van der Waals surface area (Å²) in [6, 6.07) is 4.43. The van der Waals surface area contributed by atoms with Crippen LogP contribution in [0.25, 0.3) is 0 Å². The third-order valence-electron chi connectivity index (χ3n) is 2.51. The quantitative estimate of drug-likeness (QED) is 0.847. The SMILES string of the molecule is Cc1ccc(NC(=O)CC(C)CC(=O)O)cc1F. The van der Waals surface area contributed by atoms with Crippen molar-refractivity contribution in [2.24, 2.45) is 5.92 Å². The number of halogens is 1. The van der Waals surface area contributed by atoms with Gasteiger partial charge in [0.05, 0.1) is 0 Å². The van der Waals surface area contributed by atoms with Gasteiger partial charge in [0.2, 0.25) is 5.91 Å². The number of carboxylic acid groups (broad SMARTS) is 1. The molecule has 0 heterocycles. The first-order valence-electron chi connectivity index (χ1n) is 5.66. The largest absolute Gasteiger partial charge is 0.481 e. The molecular weight excluding hydrogens is 237 g/mol. The van der Waals surface area contributed by atoms with Crippen LogP contribution < -0.4 is 5.32 Å². The van der Waals surface area contributed by atoms with E-state index < -0.39 is 5.97 Å². The molecule has 0 aliphatic carbocycles. The van der Waals surface area contributed by atoms with Gasteiger partial charge in [-0.2, -0.15) is 0 Å². The van der Waals surface area contributed by atoms with Crippen molar-refractivity contribution in [1.82, 2.24) is 0 Å². The zero-order valence-corrected chi connectivity index (χ0v) is 10.4. The van der Waals surface area contributed by atoms with E-state index in [1.807, 2.05) is 0 Å². The molecule has 1 atom stereocenters. The van der Waals surface area contributed by atoms with Crippen LogP contribution in [0.3, 0.4) is 0 Å². The van der Waals surface area contributed by atoms with Crippen LogP contribution in [0.1, 0.15) is 25.3 Å². The minimum absolute atomic E-state index is 0.0598. The van der Waals surface area contributed by atoms with Crippen molar-refractivity contribution in [3.8, 4) is 0 Å². The number of rotatable bonds is 5. The van der Waals surface area contributed by atoms with Crippen LogP contribution in [0.4, 0.5) is 10.1 Å². The molecule has 0 aromatic heterocycles. The zero-order chi connectivity index (χ0) is 13.7. The maximum Gasteiger partial charge on any atom is 0.303 e. The summed E-state index contributed by atoms with van der Waals surface area (Å²) in [7, 11) is 0. The Kier molecular flexibility index (Phi) is 4.83. The van der Waals surface area contributed by atoms with Gasteiger partial charge < -0.3 is 10.4 Å². The number of amides is 1. The highest BCUT2D eigenvalue weighted by molar-refractivity contribution is 5.91. The highest BCUT2D eigenvalue weighted by Gasteiger charge is 2.13. The molecule has 0 saturated carbocycles. The Morgan fingerprint density at radius 2 is 2.06 bits per heavy atom. The van der Waals surface area contributed by atoms with Crippen LogP contribution in [0.2, 0.25) is 0 Å². The second-order valence-corrected chi connectivity index (χ2v) is 4.42. The van der Waals surface area contributed by atoms with E-state index in [0.717, 1.165) is 0 Å². The summed E-state index contributed by atoms with van der Waals surface area (Å²) in [4.78, 5) is 22.0. The molecule has 1 unspecified atom stereocenters. The number of nitrogens with one attached hydrogen (secondary N) is 1. The lowest BCUT2D eigenvalue weighted by Gasteiger charge is -2.09. The Morgan fingerprint density at radius 1 is 1.39 bits per heavy atom. The van der Waals surface area contributed by atoms with Gasteiger partial charge in [0.25, 0.3) is 0 Å². The molecule has 4 nitrogen and oxygen atoms in total. The maximum absolute atomic E-state index is 13.2. The Morgan fingerprint density at radius 3 is 2.61 bits per heavy atom. The van der Waals surface area contributed by atoms with Crippen LogP contribution in [-0.4, -0.2) is 17.0 Å². The zero-order valence-electron chi connectivity index (χ0n) is 10.4. The predicted octanol–water partition coefficient (Wildman–Crippen LogP) is 2.57. The number of benzene rings is 1. The van der Waals surface area contributed by atoms with Gasteiger partial charge in [-0.3, -0.25) is 9.59 Å². The second kappa shape index (κ2) is 6.14. The Bertz CT molecular complexity index is 460. The molecule has 1 aromatic carbocycles. The van der Waals surface area contributed by atoms with Crippen LogP contribution in [0.5, 0.6) is 0 Å². The number of carbonyl (C=O) groups excluding carboxylic acids is 1. The van der Waals surface area contributed by atoms with Crippen LogP contribution in [-0.2, 0) is 9.59 Å². The number of aliphatic carboxylic acids is 1. The van der Waals surface area contributed by atoms with E-state index in [9.17, 15) is 14.0 Å². The second-order valence-electron chi connectivity index (χ2n) is 4.42. The standard InChI is InChI=1S/C13H16FNO3/c1-8(6-13(17)18)5-12(16)15-10-4-3-9(2)11(14)7-10/h3-4,7-8H,5-6H2,1-2H3,(H,15,16)(H,17,18). The lowest BCUT2D eigenvalue weighted by atomic mass is 10.0. The highest BCUT2D eigenvalue weighted by Crippen LogP contribution is 2.15. The summed E-state index contributed by atoms with van der Waals surface area (Å²) in [5.74, 6) is -1.88. The minimum Gasteiger partial charge on any atom is -0.481 e. The molecule has 0 fully saturated rings. The van der Waals surface area contributed by atoms with E-state index in [-0.39, 0.29) is 30.5 Å². The third-order valence-corrected chi connectivity index (χ3v) is 2.51. The minimum atomic E-state index is -0.934. The molecule has 18 heavy (non-hydrogen) atoms. The molecule has 5 heteroatoms.